The van der Waals surface area contributed by atoms with E-state index in [4.69, 9.17) is 20.4 Å². The minimum absolute atomic E-state index is 0.0255. The molecule has 0 aliphatic carbocycles. The first kappa shape index (κ1) is 91.3. The molecule has 0 unspecified atom stereocenters. The van der Waals surface area contributed by atoms with Crippen LogP contribution >= 0.6 is 0 Å². The predicted molar refractivity (Wildman–Crippen MR) is 392 cm³/mol. The third-order valence-electron chi connectivity index (χ3n) is 16.8. The Morgan fingerprint density at radius 2 is 0.450 bits per heavy atom. The fraction of sp³-hybridized carbons (Fsp3) is 0.550. The lowest BCUT2D eigenvalue weighted by Gasteiger charge is -2.16. The highest BCUT2D eigenvalue weighted by Crippen LogP contribution is 2.29. The molecule has 0 heterocycles. The molecular weight excluding hydrogens is 1280 g/mol. The normalized spacial score (nSPS) is 15.2. The summed E-state index contributed by atoms with van der Waals surface area (Å²) in [5.74, 6) is -3.58. The Morgan fingerprint density at radius 1 is 0.270 bits per heavy atom. The lowest BCUT2D eigenvalue weighted by atomic mass is 9.97. The second kappa shape index (κ2) is 55.9. The van der Waals surface area contributed by atoms with Crippen molar-refractivity contribution in [2.75, 3.05) is 0 Å². The number of carbonyl (C=O) groups is 4. The van der Waals surface area contributed by atoms with E-state index < -0.39 is 97.1 Å². The van der Waals surface area contributed by atoms with Gasteiger partial charge in [-0.2, -0.15) is 0 Å². The lowest BCUT2D eigenvalue weighted by molar-refractivity contribution is -0.138. The van der Waals surface area contributed by atoms with Crippen molar-refractivity contribution in [3.63, 3.8) is 0 Å². The molecule has 0 bridgehead atoms. The molecule has 560 valence electrons. The van der Waals surface area contributed by atoms with Crippen molar-refractivity contribution in [2.45, 2.75) is 281 Å². The van der Waals surface area contributed by atoms with Crippen LogP contribution in [0.3, 0.4) is 0 Å². The summed E-state index contributed by atoms with van der Waals surface area (Å²) in [5, 5.41) is 156. The van der Waals surface area contributed by atoms with Crippen molar-refractivity contribution < 1.29 is 101 Å². The van der Waals surface area contributed by atoms with Gasteiger partial charge in [0.1, 0.15) is 0 Å². The maximum atomic E-state index is 10.6. The Balaban J connectivity index is 0.000000667. The van der Waals surface area contributed by atoms with Gasteiger partial charge in [-0.3, -0.25) is 19.2 Å². The van der Waals surface area contributed by atoms with Crippen LogP contribution in [-0.2, 0) is 19.2 Å². The number of aliphatic carboxylic acids is 4. The molecule has 20 nitrogen and oxygen atoms in total. The highest BCUT2D eigenvalue weighted by atomic mass is 16.4. The predicted octanol–water partition coefficient (Wildman–Crippen LogP) is 13.2. The molecule has 4 aromatic rings. The van der Waals surface area contributed by atoms with Gasteiger partial charge in [0.25, 0.3) is 0 Å². The molecule has 0 fully saturated rings. The van der Waals surface area contributed by atoms with Crippen LogP contribution < -0.4 is 0 Å². The zero-order chi connectivity index (χ0) is 74.6. The van der Waals surface area contributed by atoms with Crippen LogP contribution in [0.1, 0.15) is 276 Å². The van der Waals surface area contributed by atoms with Crippen LogP contribution in [0.2, 0.25) is 0 Å². The number of hydrogen-bond donors (Lipinski definition) is 16. The summed E-state index contributed by atoms with van der Waals surface area (Å²) in [4.78, 5) is 42.1. The number of carboxylic acids is 4. The van der Waals surface area contributed by atoms with Gasteiger partial charge in [0, 0.05) is 25.7 Å². The summed E-state index contributed by atoms with van der Waals surface area (Å²) in [5.41, 5.74) is 6.13. The average molecular weight is 1400 g/mol. The van der Waals surface area contributed by atoms with Crippen molar-refractivity contribution in [3.8, 4) is 0 Å². The van der Waals surface area contributed by atoms with Crippen molar-refractivity contribution in [1.82, 2.24) is 0 Å². The third kappa shape index (κ3) is 41.9. The number of aliphatic hydroxyl groups is 12. The molecule has 0 saturated heterocycles. The van der Waals surface area contributed by atoms with Gasteiger partial charge in [0.2, 0.25) is 0 Å². The van der Waals surface area contributed by atoms with E-state index in [1.165, 1.54) is 12.2 Å². The maximum Gasteiger partial charge on any atom is 0.303 e. The first-order valence-corrected chi connectivity index (χ1v) is 35.9. The minimum atomic E-state index is -1.07. The Labute approximate surface area is 593 Å². The van der Waals surface area contributed by atoms with Crippen LogP contribution in [0.15, 0.2) is 121 Å². The van der Waals surface area contributed by atoms with E-state index in [0.29, 0.717) is 75.3 Å². The van der Waals surface area contributed by atoms with Gasteiger partial charge in [0.15, 0.2) is 0 Å². The van der Waals surface area contributed by atoms with E-state index in [2.05, 4.69) is 27.7 Å². The average Bonchev–Trinajstić information content (AvgIpc) is 0.884. The van der Waals surface area contributed by atoms with Crippen LogP contribution in [0, 0.1) is 0 Å². The molecule has 4 rings (SSSR count). The summed E-state index contributed by atoms with van der Waals surface area (Å²) >= 11 is 0. The van der Waals surface area contributed by atoms with E-state index in [0.717, 1.165) is 110 Å². The summed E-state index contributed by atoms with van der Waals surface area (Å²) < 4.78 is 0. The molecule has 20 heteroatoms. The molecule has 4 aromatic carbocycles. The molecule has 12 atom stereocenters. The Bertz CT molecular complexity index is 2750. The highest BCUT2D eigenvalue weighted by molar-refractivity contribution is 5.68. The number of benzene rings is 4. The summed E-state index contributed by atoms with van der Waals surface area (Å²) in [6.45, 7) is 8.40. The van der Waals surface area contributed by atoms with E-state index in [1.807, 2.05) is 84.9 Å². The molecule has 0 aromatic heterocycles. The Kier molecular flexibility index (Phi) is 51.0. The second-order valence-corrected chi connectivity index (χ2v) is 25.4. The first-order valence-electron chi connectivity index (χ1n) is 35.9. The lowest BCUT2D eigenvalue weighted by Crippen LogP contribution is -2.23. The van der Waals surface area contributed by atoms with E-state index >= 15 is 0 Å². The molecule has 100 heavy (non-hydrogen) atoms. The molecular formula is C80H120O20. The van der Waals surface area contributed by atoms with Gasteiger partial charge in [-0.25, -0.2) is 0 Å². The van der Waals surface area contributed by atoms with Crippen molar-refractivity contribution in [2.24, 2.45) is 0 Å². The van der Waals surface area contributed by atoms with Crippen molar-refractivity contribution in [3.05, 3.63) is 166 Å². The molecule has 0 saturated carbocycles. The summed E-state index contributed by atoms with van der Waals surface area (Å²) in [7, 11) is 0. The van der Waals surface area contributed by atoms with Crippen LogP contribution in [0.4, 0.5) is 0 Å². The number of rotatable bonds is 48. The summed E-state index contributed by atoms with van der Waals surface area (Å²) in [6.07, 6.45) is 19.9. The van der Waals surface area contributed by atoms with Gasteiger partial charge < -0.3 is 81.7 Å². The SMILES string of the molecule is CCCCC[C@@H](O)[C@H](O)/C=C/c1ccccc1[C@@H](O)CCCC(=O)O.CCCCC[C@@H](O)c1ccccc1/C=C/[C@@H](O)[C@@H](O)CCCC(=O)O.CCCCC[C@H](O)[C@H](O)/C=C/c1ccccc1[C@@H](O)CCCC(=O)O.CCCCC[C@H](O)c1ccccc1/C=C/[C@@H](O)[C@@H](O)CCCC(=O)O. The second-order valence-electron chi connectivity index (χ2n) is 25.4. The van der Waals surface area contributed by atoms with Crippen LogP contribution in [0.5, 0.6) is 0 Å². The quantitative estimate of drug-likeness (QED) is 0.0183. The topological polar surface area (TPSA) is 392 Å². The van der Waals surface area contributed by atoms with Gasteiger partial charge >= 0.3 is 23.9 Å². The van der Waals surface area contributed by atoms with Gasteiger partial charge in [-0.15, -0.1) is 0 Å². The van der Waals surface area contributed by atoms with Crippen molar-refractivity contribution >= 4 is 48.2 Å². The summed E-state index contributed by atoms with van der Waals surface area (Å²) in [6, 6.07) is 29.4. The Morgan fingerprint density at radius 3 is 0.660 bits per heavy atom. The standard InChI is InChI=1S/4C20H30O5/c2*1-2-3-4-10-18(22)19(23)14-13-15-8-5-6-9-16(15)17(21)11-7-12-20(24)25;2*1-2-3-4-10-17(21)16-9-6-5-8-15(16)13-14-19(23)18(22)11-7-12-20(24)25/h4*5-6,8-9,13-14,17-19,21-23H,2-4,7,10-12H2,1H3,(H,24,25)/b4*14-13+/t17-,18+,19+;17-,18-,19+;17-,18+,19-;17-,18-,19+/m0010/s1. The van der Waals surface area contributed by atoms with Gasteiger partial charge in [-0.1, -0.05) is 250 Å². The largest absolute Gasteiger partial charge is 0.481 e. The smallest absolute Gasteiger partial charge is 0.303 e. The molecule has 0 aliphatic heterocycles. The zero-order valence-electron chi connectivity index (χ0n) is 59.4. The van der Waals surface area contributed by atoms with E-state index in [1.54, 1.807) is 48.6 Å². The van der Waals surface area contributed by atoms with E-state index in [9.17, 15) is 80.5 Å². The van der Waals surface area contributed by atoms with Gasteiger partial charge in [-0.05, 0) is 122 Å². The number of unbranched alkanes of at least 4 members (excludes halogenated alkanes) is 8. The molecule has 0 aliphatic rings. The fourth-order valence-electron chi connectivity index (χ4n) is 10.7. The zero-order valence-corrected chi connectivity index (χ0v) is 59.4. The molecule has 16 N–H and O–H groups in total. The number of aliphatic hydroxyl groups excluding tert-OH is 12. The van der Waals surface area contributed by atoms with Crippen LogP contribution in [0.25, 0.3) is 24.3 Å². The van der Waals surface area contributed by atoms with Crippen molar-refractivity contribution in [1.29, 1.82) is 0 Å². The molecule has 0 amide bonds. The number of carboxylic acid groups (broad SMARTS) is 4. The fourth-order valence-corrected chi connectivity index (χ4v) is 10.7. The molecule has 0 spiro atoms. The number of hydrogen-bond acceptors (Lipinski definition) is 16. The van der Waals surface area contributed by atoms with E-state index in [-0.39, 0.29) is 38.5 Å². The highest BCUT2D eigenvalue weighted by Gasteiger charge is 2.20. The first-order chi connectivity index (χ1) is 47.8. The van der Waals surface area contributed by atoms with Crippen LogP contribution in [-0.4, -0.2) is 154 Å². The monoisotopic (exact) mass is 1400 g/mol. The minimum Gasteiger partial charge on any atom is -0.481 e. The van der Waals surface area contributed by atoms with Gasteiger partial charge in [0.05, 0.1) is 73.2 Å². The maximum absolute atomic E-state index is 10.6. The molecule has 0 radical (unpaired) electrons. The Hall–Kier alpha value is -6.76. The third-order valence-corrected chi connectivity index (χ3v) is 16.8.